The van der Waals surface area contributed by atoms with Crippen molar-refractivity contribution in [1.29, 1.82) is 0 Å². The quantitative estimate of drug-likeness (QED) is 0.639. The molecule has 2 atom stereocenters. The average Bonchev–Trinajstić information content (AvgIpc) is 2.08. The molecule has 0 radical (unpaired) electrons. The minimum Gasteiger partial charge on any atom is -0.508 e. The van der Waals surface area contributed by atoms with Gasteiger partial charge in [0.15, 0.2) is 0 Å². The first-order chi connectivity index (χ1) is 6.02. The fourth-order valence-electron chi connectivity index (χ4n) is 1.17. The minimum atomic E-state index is -0.667. The average molecular weight is 181 g/mol. The Balaban J connectivity index is 2.97. The van der Waals surface area contributed by atoms with Crippen molar-refractivity contribution in [2.24, 2.45) is 5.73 Å². The van der Waals surface area contributed by atoms with E-state index in [9.17, 15) is 10.2 Å². The molecule has 1 aromatic rings. The Hall–Kier alpha value is -1.06. The Morgan fingerprint density at radius 3 is 2.46 bits per heavy atom. The number of aliphatic hydroxyl groups is 1. The van der Waals surface area contributed by atoms with Gasteiger partial charge >= 0.3 is 0 Å². The molecule has 0 bridgehead atoms. The van der Waals surface area contributed by atoms with Crippen LogP contribution in [0.15, 0.2) is 18.2 Å². The SMILES string of the molecule is Cc1cc([C@@H](O)[C@H](C)N)ccc1O. The van der Waals surface area contributed by atoms with Gasteiger partial charge in [-0.1, -0.05) is 6.07 Å². The summed E-state index contributed by atoms with van der Waals surface area (Å²) < 4.78 is 0. The number of aryl methyl sites for hydroxylation is 1. The number of aromatic hydroxyl groups is 1. The van der Waals surface area contributed by atoms with E-state index in [0.717, 1.165) is 11.1 Å². The third-order valence-corrected chi connectivity index (χ3v) is 2.06. The predicted octanol–water partition coefficient (Wildman–Crippen LogP) is 1.08. The number of hydrogen-bond donors (Lipinski definition) is 3. The Kier molecular flexibility index (Phi) is 2.90. The summed E-state index contributed by atoms with van der Waals surface area (Å²) in [5, 5.41) is 18.9. The summed E-state index contributed by atoms with van der Waals surface area (Å²) in [6.45, 7) is 3.53. The van der Waals surface area contributed by atoms with Crippen molar-refractivity contribution in [3.63, 3.8) is 0 Å². The zero-order chi connectivity index (χ0) is 10.0. The Bertz CT molecular complexity index is 297. The standard InChI is InChI=1S/C10H15NO2/c1-6-5-8(3-4-9(6)12)10(13)7(2)11/h3-5,7,10,12-13H,11H2,1-2H3/t7-,10-/m0/s1. The predicted molar refractivity (Wildman–Crippen MR) is 51.5 cm³/mol. The highest BCUT2D eigenvalue weighted by atomic mass is 16.3. The molecule has 0 heterocycles. The number of phenols is 1. The summed E-state index contributed by atoms with van der Waals surface area (Å²) in [6, 6.07) is 4.68. The lowest BCUT2D eigenvalue weighted by molar-refractivity contribution is 0.153. The Morgan fingerprint density at radius 1 is 1.38 bits per heavy atom. The van der Waals surface area contributed by atoms with Crippen LogP contribution < -0.4 is 5.73 Å². The summed E-state index contributed by atoms with van der Waals surface area (Å²) >= 11 is 0. The monoisotopic (exact) mass is 181 g/mol. The maximum Gasteiger partial charge on any atom is 0.118 e. The summed E-state index contributed by atoms with van der Waals surface area (Å²) in [4.78, 5) is 0. The first kappa shape index (κ1) is 10.0. The smallest absolute Gasteiger partial charge is 0.118 e. The molecule has 0 fully saturated rings. The normalized spacial score (nSPS) is 15.4. The molecule has 1 aromatic carbocycles. The second-order valence-corrected chi connectivity index (χ2v) is 3.35. The van der Waals surface area contributed by atoms with Crippen LogP contribution in [-0.4, -0.2) is 16.3 Å². The van der Waals surface area contributed by atoms with Crippen LogP contribution in [0.1, 0.15) is 24.2 Å². The van der Waals surface area contributed by atoms with Crippen LogP contribution in [0.4, 0.5) is 0 Å². The Morgan fingerprint density at radius 2 is 2.00 bits per heavy atom. The van der Waals surface area contributed by atoms with Gasteiger partial charge < -0.3 is 15.9 Å². The number of aliphatic hydroxyl groups excluding tert-OH is 1. The van der Waals surface area contributed by atoms with Crippen LogP contribution in [-0.2, 0) is 0 Å². The molecule has 0 aliphatic rings. The lowest BCUT2D eigenvalue weighted by Gasteiger charge is -2.15. The van der Waals surface area contributed by atoms with Crippen LogP contribution in [0.3, 0.4) is 0 Å². The van der Waals surface area contributed by atoms with E-state index >= 15 is 0 Å². The van der Waals surface area contributed by atoms with Gasteiger partial charge in [-0.15, -0.1) is 0 Å². The zero-order valence-electron chi connectivity index (χ0n) is 7.86. The molecule has 0 unspecified atom stereocenters. The highest BCUT2D eigenvalue weighted by Gasteiger charge is 2.12. The summed E-state index contributed by atoms with van der Waals surface area (Å²) in [5.41, 5.74) is 7.03. The molecular formula is C10H15NO2. The van der Waals surface area contributed by atoms with E-state index < -0.39 is 6.10 Å². The van der Waals surface area contributed by atoms with Crippen molar-refractivity contribution < 1.29 is 10.2 Å². The van der Waals surface area contributed by atoms with E-state index in [0.29, 0.717) is 0 Å². The second-order valence-electron chi connectivity index (χ2n) is 3.35. The molecule has 0 aromatic heterocycles. The van der Waals surface area contributed by atoms with Crippen molar-refractivity contribution in [3.8, 4) is 5.75 Å². The summed E-state index contributed by atoms with van der Waals surface area (Å²) in [7, 11) is 0. The first-order valence-electron chi connectivity index (χ1n) is 4.25. The van der Waals surface area contributed by atoms with Crippen LogP contribution in [0.2, 0.25) is 0 Å². The third kappa shape index (κ3) is 2.20. The van der Waals surface area contributed by atoms with E-state index in [2.05, 4.69) is 0 Å². The number of rotatable bonds is 2. The lowest BCUT2D eigenvalue weighted by Crippen LogP contribution is -2.24. The molecule has 13 heavy (non-hydrogen) atoms. The van der Waals surface area contributed by atoms with Gasteiger partial charge in [0, 0.05) is 6.04 Å². The van der Waals surface area contributed by atoms with E-state index in [4.69, 9.17) is 5.73 Å². The molecule has 4 N–H and O–H groups in total. The van der Waals surface area contributed by atoms with Crippen LogP contribution >= 0.6 is 0 Å². The van der Waals surface area contributed by atoms with E-state index in [1.54, 1.807) is 32.0 Å². The second kappa shape index (κ2) is 3.77. The number of phenolic OH excluding ortho intramolecular Hbond substituents is 1. The molecule has 3 heteroatoms. The molecular weight excluding hydrogens is 166 g/mol. The van der Waals surface area contributed by atoms with Gasteiger partial charge in [-0.2, -0.15) is 0 Å². The van der Waals surface area contributed by atoms with Gasteiger partial charge in [0.1, 0.15) is 5.75 Å². The van der Waals surface area contributed by atoms with Gasteiger partial charge in [0.05, 0.1) is 6.10 Å². The fraction of sp³-hybridized carbons (Fsp3) is 0.400. The maximum atomic E-state index is 9.61. The highest BCUT2D eigenvalue weighted by molar-refractivity contribution is 5.36. The minimum absolute atomic E-state index is 0.237. The largest absolute Gasteiger partial charge is 0.508 e. The summed E-state index contributed by atoms with van der Waals surface area (Å²) in [5.74, 6) is 0.237. The van der Waals surface area contributed by atoms with Gasteiger partial charge in [-0.05, 0) is 37.1 Å². The molecule has 0 saturated heterocycles. The van der Waals surface area contributed by atoms with Gasteiger partial charge in [0.25, 0.3) is 0 Å². The lowest BCUT2D eigenvalue weighted by atomic mass is 10.0. The first-order valence-corrected chi connectivity index (χ1v) is 4.25. The molecule has 3 nitrogen and oxygen atoms in total. The number of hydrogen-bond acceptors (Lipinski definition) is 3. The maximum absolute atomic E-state index is 9.61. The number of benzene rings is 1. The van der Waals surface area contributed by atoms with Crippen molar-refractivity contribution in [2.45, 2.75) is 26.0 Å². The fourth-order valence-corrected chi connectivity index (χ4v) is 1.17. The molecule has 0 saturated carbocycles. The van der Waals surface area contributed by atoms with Crippen LogP contribution in [0, 0.1) is 6.92 Å². The van der Waals surface area contributed by atoms with Crippen molar-refractivity contribution in [1.82, 2.24) is 0 Å². The highest BCUT2D eigenvalue weighted by Crippen LogP contribution is 2.22. The van der Waals surface area contributed by atoms with Crippen LogP contribution in [0.5, 0.6) is 5.75 Å². The zero-order valence-corrected chi connectivity index (χ0v) is 7.86. The molecule has 0 aliphatic heterocycles. The van der Waals surface area contributed by atoms with E-state index in [1.165, 1.54) is 0 Å². The van der Waals surface area contributed by atoms with Gasteiger partial charge in [-0.3, -0.25) is 0 Å². The molecule has 0 amide bonds. The molecule has 72 valence electrons. The molecule has 0 spiro atoms. The van der Waals surface area contributed by atoms with Crippen molar-refractivity contribution >= 4 is 0 Å². The van der Waals surface area contributed by atoms with E-state index in [-0.39, 0.29) is 11.8 Å². The van der Waals surface area contributed by atoms with Crippen molar-refractivity contribution in [3.05, 3.63) is 29.3 Å². The summed E-state index contributed by atoms with van der Waals surface area (Å²) in [6.07, 6.45) is -0.667. The Labute approximate surface area is 77.8 Å². The number of nitrogens with two attached hydrogens (primary N) is 1. The topological polar surface area (TPSA) is 66.5 Å². The van der Waals surface area contributed by atoms with E-state index in [1.807, 2.05) is 0 Å². The molecule has 1 rings (SSSR count). The van der Waals surface area contributed by atoms with Crippen molar-refractivity contribution in [2.75, 3.05) is 0 Å². The van der Waals surface area contributed by atoms with Gasteiger partial charge in [0.2, 0.25) is 0 Å². The molecule has 0 aliphatic carbocycles. The van der Waals surface area contributed by atoms with Crippen LogP contribution in [0.25, 0.3) is 0 Å². The van der Waals surface area contributed by atoms with Gasteiger partial charge in [-0.25, -0.2) is 0 Å². The third-order valence-electron chi connectivity index (χ3n) is 2.06.